The van der Waals surface area contributed by atoms with E-state index in [2.05, 4.69) is 15.3 Å². The van der Waals surface area contributed by atoms with Gasteiger partial charge in [0, 0.05) is 17.1 Å². The van der Waals surface area contributed by atoms with Crippen LogP contribution in [-0.2, 0) is 0 Å². The molecule has 0 saturated heterocycles. The van der Waals surface area contributed by atoms with Gasteiger partial charge in [0.15, 0.2) is 16.6 Å². The Morgan fingerprint density at radius 3 is 3.00 bits per heavy atom. The van der Waals surface area contributed by atoms with Crippen molar-refractivity contribution >= 4 is 34.0 Å². The van der Waals surface area contributed by atoms with Gasteiger partial charge in [-0.2, -0.15) is 0 Å². The second-order valence-corrected chi connectivity index (χ2v) is 6.12. The molecule has 4 rings (SSSR count). The molecule has 1 N–H and O–H groups in total. The van der Waals surface area contributed by atoms with E-state index in [0.717, 1.165) is 11.3 Å². The standard InChI is InChI=1S/C16H10ClN3O3S/c17-14-10(2-1-5-18-14)15(21)20-16-19-11(7-24-16)9-3-4-12-13(6-9)23-8-22-12/h1-7H,8H2,(H,19,20,21). The van der Waals surface area contributed by atoms with Crippen molar-refractivity contribution in [1.29, 1.82) is 0 Å². The van der Waals surface area contributed by atoms with Crippen LogP contribution in [0.2, 0.25) is 5.15 Å². The molecule has 0 aliphatic carbocycles. The van der Waals surface area contributed by atoms with Gasteiger partial charge < -0.3 is 9.47 Å². The van der Waals surface area contributed by atoms with E-state index in [1.165, 1.54) is 17.5 Å². The molecule has 0 atom stereocenters. The maximum atomic E-state index is 12.2. The number of benzene rings is 1. The van der Waals surface area contributed by atoms with E-state index in [-0.39, 0.29) is 17.9 Å². The number of hydrogen-bond acceptors (Lipinski definition) is 6. The minimum atomic E-state index is -0.348. The monoisotopic (exact) mass is 359 g/mol. The van der Waals surface area contributed by atoms with Crippen LogP contribution < -0.4 is 14.8 Å². The first kappa shape index (κ1) is 14.9. The lowest BCUT2D eigenvalue weighted by Crippen LogP contribution is -2.12. The summed E-state index contributed by atoms with van der Waals surface area (Å²) < 4.78 is 10.7. The van der Waals surface area contributed by atoms with Crippen LogP contribution in [0, 0.1) is 0 Å². The Bertz CT molecular complexity index is 928. The number of pyridine rings is 1. The molecule has 2 aromatic heterocycles. The van der Waals surface area contributed by atoms with Gasteiger partial charge in [0.05, 0.1) is 11.3 Å². The lowest BCUT2D eigenvalue weighted by atomic mass is 10.1. The number of ether oxygens (including phenoxy) is 2. The third-order valence-electron chi connectivity index (χ3n) is 3.40. The molecule has 6 nitrogen and oxygen atoms in total. The Labute approximate surface area is 146 Å². The van der Waals surface area contributed by atoms with E-state index in [9.17, 15) is 4.79 Å². The number of thiazole rings is 1. The zero-order chi connectivity index (χ0) is 16.5. The van der Waals surface area contributed by atoms with E-state index in [0.29, 0.717) is 22.2 Å². The summed E-state index contributed by atoms with van der Waals surface area (Å²) in [7, 11) is 0. The van der Waals surface area contributed by atoms with Gasteiger partial charge in [-0.3, -0.25) is 10.1 Å². The van der Waals surface area contributed by atoms with Gasteiger partial charge in [0.1, 0.15) is 5.15 Å². The lowest BCUT2D eigenvalue weighted by molar-refractivity contribution is 0.102. The summed E-state index contributed by atoms with van der Waals surface area (Å²) in [6.07, 6.45) is 1.53. The van der Waals surface area contributed by atoms with Crippen LogP contribution >= 0.6 is 22.9 Å². The summed E-state index contributed by atoms with van der Waals surface area (Å²) >= 11 is 7.25. The summed E-state index contributed by atoms with van der Waals surface area (Å²) in [5, 5.41) is 5.22. The molecule has 120 valence electrons. The Morgan fingerprint density at radius 2 is 2.12 bits per heavy atom. The van der Waals surface area contributed by atoms with Crippen molar-refractivity contribution in [3.63, 3.8) is 0 Å². The number of nitrogens with zero attached hydrogens (tertiary/aromatic N) is 2. The van der Waals surface area contributed by atoms with Crippen LogP contribution in [0.1, 0.15) is 10.4 Å². The summed E-state index contributed by atoms with van der Waals surface area (Å²) in [5.74, 6) is 1.06. The second-order valence-electron chi connectivity index (χ2n) is 4.90. The van der Waals surface area contributed by atoms with Crippen molar-refractivity contribution < 1.29 is 14.3 Å². The van der Waals surface area contributed by atoms with E-state index in [1.807, 2.05) is 23.6 Å². The van der Waals surface area contributed by atoms with E-state index in [1.54, 1.807) is 12.1 Å². The molecule has 24 heavy (non-hydrogen) atoms. The highest BCUT2D eigenvalue weighted by Crippen LogP contribution is 2.36. The molecule has 1 aliphatic rings. The molecular formula is C16H10ClN3O3S. The lowest BCUT2D eigenvalue weighted by Gasteiger charge is -2.03. The number of fused-ring (bicyclic) bond motifs is 1. The zero-order valence-electron chi connectivity index (χ0n) is 12.2. The highest BCUT2D eigenvalue weighted by atomic mass is 35.5. The largest absolute Gasteiger partial charge is 0.454 e. The summed E-state index contributed by atoms with van der Waals surface area (Å²) in [6.45, 7) is 0.225. The first-order valence-electron chi connectivity index (χ1n) is 6.98. The molecule has 0 fully saturated rings. The molecule has 0 bridgehead atoms. The number of nitrogens with one attached hydrogen (secondary N) is 1. The molecule has 1 amide bonds. The third kappa shape index (κ3) is 2.79. The zero-order valence-corrected chi connectivity index (χ0v) is 13.7. The predicted octanol–water partition coefficient (Wildman–Crippen LogP) is 3.84. The van der Waals surface area contributed by atoms with Crippen molar-refractivity contribution in [2.24, 2.45) is 0 Å². The quantitative estimate of drug-likeness (QED) is 0.719. The van der Waals surface area contributed by atoms with Gasteiger partial charge in [-0.05, 0) is 30.3 Å². The number of anilines is 1. The fourth-order valence-electron chi connectivity index (χ4n) is 2.24. The van der Waals surface area contributed by atoms with E-state index >= 15 is 0 Å². The highest BCUT2D eigenvalue weighted by Gasteiger charge is 2.16. The van der Waals surface area contributed by atoms with Crippen molar-refractivity contribution in [3.05, 3.63) is 52.6 Å². The van der Waals surface area contributed by atoms with Crippen LogP contribution in [0.15, 0.2) is 41.9 Å². The molecule has 0 saturated carbocycles. The maximum Gasteiger partial charge on any atom is 0.260 e. The average Bonchev–Trinajstić information content (AvgIpc) is 3.23. The average molecular weight is 360 g/mol. The minimum Gasteiger partial charge on any atom is -0.454 e. The van der Waals surface area contributed by atoms with Gasteiger partial charge >= 0.3 is 0 Å². The van der Waals surface area contributed by atoms with Crippen LogP contribution in [0.4, 0.5) is 5.13 Å². The molecular weight excluding hydrogens is 350 g/mol. The predicted molar refractivity (Wildman–Crippen MR) is 90.9 cm³/mol. The molecule has 1 aliphatic heterocycles. The Kier molecular flexibility index (Phi) is 3.79. The van der Waals surface area contributed by atoms with Crippen molar-refractivity contribution in [2.75, 3.05) is 12.1 Å². The van der Waals surface area contributed by atoms with Gasteiger partial charge in [-0.25, -0.2) is 9.97 Å². The van der Waals surface area contributed by atoms with Crippen molar-refractivity contribution in [2.45, 2.75) is 0 Å². The summed E-state index contributed by atoms with van der Waals surface area (Å²) in [6, 6.07) is 8.86. The molecule has 8 heteroatoms. The number of aromatic nitrogens is 2. The first-order chi connectivity index (χ1) is 11.7. The maximum absolute atomic E-state index is 12.2. The fourth-order valence-corrected chi connectivity index (χ4v) is 3.16. The topological polar surface area (TPSA) is 73.3 Å². The van der Waals surface area contributed by atoms with Crippen molar-refractivity contribution in [3.8, 4) is 22.8 Å². The highest BCUT2D eigenvalue weighted by molar-refractivity contribution is 7.14. The van der Waals surface area contributed by atoms with Gasteiger partial charge in [0.25, 0.3) is 5.91 Å². The van der Waals surface area contributed by atoms with Crippen LogP contribution in [0.3, 0.4) is 0 Å². The smallest absolute Gasteiger partial charge is 0.260 e. The number of carbonyl (C=O) groups excluding carboxylic acids is 1. The molecule has 1 aromatic carbocycles. The molecule has 0 radical (unpaired) electrons. The van der Waals surface area contributed by atoms with E-state index < -0.39 is 0 Å². The number of halogens is 1. The Hall–Kier alpha value is -2.64. The van der Waals surface area contributed by atoms with Crippen LogP contribution in [0.5, 0.6) is 11.5 Å². The molecule has 3 aromatic rings. The van der Waals surface area contributed by atoms with Crippen molar-refractivity contribution in [1.82, 2.24) is 9.97 Å². The first-order valence-corrected chi connectivity index (χ1v) is 8.24. The van der Waals surface area contributed by atoms with Crippen LogP contribution in [-0.4, -0.2) is 22.7 Å². The minimum absolute atomic E-state index is 0.155. The Balaban J connectivity index is 1.55. The number of amides is 1. The SMILES string of the molecule is O=C(Nc1nc(-c2ccc3c(c2)OCO3)cs1)c1cccnc1Cl. The number of rotatable bonds is 3. The Morgan fingerprint density at radius 1 is 1.25 bits per heavy atom. The van der Waals surface area contributed by atoms with Gasteiger partial charge in [-0.1, -0.05) is 11.6 Å². The number of hydrogen-bond donors (Lipinski definition) is 1. The van der Waals surface area contributed by atoms with Gasteiger partial charge in [0.2, 0.25) is 6.79 Å². The van der Waals surface area contributed by atoms with E-state index in [4.69, 9.17) is 21.1 Å². The van der Waals surface area contributed by atoms with Crippen LogP contribution in [0.25, 0.3) is 11.3 Å². The molecule has 0 spiro atoms. The normalized spacial score (nSPS) is 12.2. The summed E-state index contributed by atoms with van der Waals surface area (Å²) in [4.78, 5) is 20.5. The number of carbonyl (C=O) groups is 1. The molecule has 3 heterocycles. The van der Waals surface area contributed by atoms with Gasteiger partial charge in [-0.15, -0.1) is 11.3 Å². The second kappa shape index (κ2) is 6.10. The fraction of sp³-hybridized carbons (Fsp3) is 0.0625. The summed E-state index contributed by atoms with van der Waals surface area (Å²) in [5.41, 5.74) is 1.93. The third-order valence-corrected chi connectivity index (χ3v) is 4.46. The molecule has 0 unspecified atom stereocenters.